The van der Waals surface area contributed by atoms with Crippen molar-refractivity contribution in [3.8, 4) is 0 Å². The Morgan fingerprint density at radius 1 is 1.26 bits per heavy atom. The van der Waals surface area contributed by atoms with E-state index in [1.807, 2.05) is 0 Å². The van der Waals surface area contributed by atoms with E-state index in [4.69, 9.17) is 4.84 Å². The summed E-state index contributed by atoms with van der Waals surface area (Å²) in [5.74, 6) is 2.14. The van der Waals surface area contributed by atoms with Crippen molar-refractivity contribution < 1.29 is 9.63 Å². The highest BCUT2D eigenvalue weighted by molar-refractivity contribution is 5.71. The van der Waals surface area contributed by atoms with Crippen molar-refractivity contribution in [1.29, 1.82) is 0 Å². The summed E-state index contributed by atoms with van der Waals surface area (Å²) in [6, 6.07) is 0.454. The van der Waals surface area contributed by atoms with E-state index in [1.54, 1.807) is 0 Å². The van der Waals surface area contributed by atoms with Crippen molar-refractivity contribution in [2.75, 3.05) is 20.1 Å². The summed E-state index contributed by atoms with van der Waals surface area (Å²) in [4.78, 5) is 20.4. The van der Waals surface area contributed by atoms with Gasteiger partial charge in [-0.2, -0.15) is 0 Å². The van der Waals surface area contributed by atoms with Gasteiger partial charge in [-0.25, -0.2) is 4.79 Å². The molecule has 2 spiro atoms. The minimum atomic E-state index is -0.209. The standard InChI is InChI=1S/C18H29N3O2/c1-12-9-13-10-15-14-5-3-7-20(2)8-4-6-17(13,14)18(11-12)19-16(22)23-21(15)18/h12-15H,3-11H2,1-2H3,(H,19,22). The van der Waals surface area contributed by atoms with Crippen LogP contribution in [0.5, 0.6) is 0 Å². The second-order valence-electron chi connectivity index (χ2n) is 8.93. The number of hydroxylamine groups is 2. The minimum Gasteiger partial charge on any atom is -0.348 e. The molecule has 0 aromatic heterocycles. The number of carbonyl (C=O) groups is 1. The fourth-order valence-corrected chi connectivity index (χ4v) is 7.39. The number of fused-ring (bicyclic) bond motifs is 1. The number of nitrogens with one attached hydrogen (secondary N) is 1. The van der Waals surface area contributed by atoms with Gasteiger partial charge in [0.2, 0.25) is 0 Å². The number of hydrogen-bond acceptors (Lipinski definition) is 4. The van der Waals surface area contributed by atoms with Crippen LogP contribution in [-0.2, 0) is 4.84 Å². The van der Waals surface area contributed by atoms with Gasteiger partial charge in [0.15, 0.2) is 0 Å². The van der Waals surface area contributed by atoms with Gasteiger partial charge < -0.3 is 9.74 Å². The van der Waals surface area contributed by atoms with Crippen molar-refractivity contribution >= 4 is 6.09 Å². The van der Waals surface area contributed by atoms with E-state index in [0.717, 1.165) is 12.3 Å². The molecule has 0 aromatic rings. The molecular weight excluding hydrogens is 290 g/mol. The molecule has 5 fully saturated rings. The Bertz CT molecular complexity index is 540. The van der Waals surface area contributed by atoms with Crippen LogP contribution in [0.15, 0.2) is 0 Å². The lowest BCUT2D eigenvalue weighted by Gasteiger charge is -2.56. The molecule has 0 radical (unpaired) electrons. The summed E-state index contributed by atoms with van der Waals surface area (Å²) in [5.41, 5.74) is 0.0461. The smallest absolute Gasteiger partial charge is 0.348 e. The zero-order valence-corrected chi connectivity index (χ0v) is 14.4. The van der Waals surface area contributed by atoms with Gasteiger partial charge in [0.1, 0.15) is 5.66 Å². The second-order valence-corrected chi connectivity index (χ2v) is 8.93. The third-order valence-corrected chi connectivity index (χ3v) is 7.83. The zero-order valence-electron chi connectivity index (χ0n) is 14.4. The fourth-order valence-electron chi connectivity index (χ4n) is 7.39. The van der Waals surface area contributed by atoms with E-state index in [9.17, 15) is 4.79 Å². The highest BCUT2D eigenvalue weighted by Crippen LogP contribution is 2.72. The van der Waals surface area contributed by atoms with Gasteiger partial charge in [-0.3, -0.25) is 5.32 Å². The molecule has 5 nitrogen and oxygen atoms in total. The molecule has 23 heavy (non-hydrogen) atoms. The molecule has 3 saturated heterocycles. The quantitative estimate of drug-likeness (QED) is 0.745. The predicted octanol–water partition coefficient (Wildman–Crippen LogP) is 2.58. The Morgan fingerprint density at radius 2 is 2.09 bits per heavy atom. The number of carbonyl (C=O) groups excluding carboxylic acids is 1. The highest BCUT2D eigenvalue weighted by atomic mass is 16.7. The first-order valence-electron chi connectivity index (χ1n) is 9.55. The van der Waals surface area contributed by atoms with Crippen molar-refractivity contribution in [3.05, 3.63) is 0 Å². The van der Waals surface area contributed by atoms with Crippen LogP contribution in [0.2, 0.25) is 0 Å². The lowest BCUT2D eigenvalue weighted by Crippen LogP contribution is -2.67. The third kappa shape index (κ3) is 1.63. The Kier molecular flexibility index (Phi) is 2.92. The van der Waals surface area contributed by atoms with Crippen LogP contribution < -0.4 is 5.32 Å². The van der Waals surface area contributed by atoms with Gasteiger partial charge in [0.05, 0.1) is 6.04 Å². The Balaban J connectivity index is 1.61. The van der Waals surface area contributed by atoms with Crippen molar-refractivity contribution in [3.63, 3.8) is 0 Å². The molecule has 6 unspecified atom stereocenters. The van der Waals surface area contributed by atoms with Crippen LogP contribution in [0.4, 0.5) is 4.79 Å². The maximum Gasteiger partial charge on any atom is 0.427 e. The van der Waals surface area contributed by atoms with E-state index in [1.165, 1.54) is 51.6 Å². The summed E-state index contributed by atoms with van der Waals surface area (Å²) in [6.45, 7) is 4.75. The van der Waals surface area contributed by atoms with E-state index in [2.05, 4.69) is 29.3 Å². The lowest BCUT2D eigenvalue weighted by atomic mass is 9.54. The first-order valence-corrected chi connectivity index (χ1v) is 9.55. The van der Waals surface area contributed by atoms with Crippen LogP contribution in [-0.4, -0.2) is 47.9 Å². The van der Waals surface area contributed by atoms with Crippen LogP contribution in [0, 0.1) is 23.2 Å². The average molecular weight is 319 g/mol. The highest BCUT2D eigenvalue weighted by Gasteiger charge is 2.79. The minimum absolute atomic E-state index is 0.205. The predicted molar refractivity (Wildman–Crippen MR) is 86.4 cm³/mol. The van der Waals surface area contributed by atoms with Crippen molar-refractivity contribution in [2.24, 2.45) is 23.2 Å². The number of amides is 1. The number of nitrogens with zero attached hydrogens (tertiary/aromatic N) is 2. The van der Waals surface area contributed by atoms with Crippen LogP contribution >= 0.6 is 0 Å². The number of hydrogen-bond donors (Lipinski definition) is 1. The lowest BCUT2D eigenvalue weighted by molar-refractivity contribution is -0.211. The molecule has 3 aliphatic heterocycles. The second kappa shape index (κ2) is 4.63. The Labute approximate surface area is 138 Å². The molecule has 2 aliphatic carbocycles. The Hall–Kier alpha value is -0.810. The van der Waals surface area contributed by atoms with Crippen LogP contribution in [0.3, 0.4) is 0 Å². The van der Waals surface area contributed by atoms with Gasteiger partial charge >= 0.3 is 6.09 Å². The van der Waals surface area contributed by atoms with Crippen LogP contribution in [0.1, 0.15) is 51.9 Å². The topological polar surface area (TPSA) is 44.8 Å². The fraction of sp³-hybridized carbons (Fsp3) is 0.944. The Morgan fingerprint density at radius 3 is 2.96 bits per heavy atom. The molecule has 5 heteroatoms. The largest absolute Gasteiger partial charge is 0.427 e. The van der Waals surface area contributed by atoms with Crippen molar-refractivity contribution in [2.45, 2.75) is 63.6 Å². The number of rotatable bonds is 0. The maximum absolute atomic E-state index is 12.1. The van der Waals surface area contributed by atoms with E-state index in [-0.39, 0.29) is 17.2 Å². The van der Waals surface area contributed by atoms with E-state index < -0.39 is 0 Å². The van der Waals surface area contributed by atoms with Gasteiger partial charge in [-0.05, 0) is 82.8 Å². The maximum atomic E-state index is 12.1. The molecule has 5 rings (SSSR count). The monoisotopic (exact) mass is 319 g/mol. The molecule has 1 N–H and O–H groups in total. The van der Waals surface area contributed by atoms with Gasteiger partial charge in [0, 0.05) is 5.41 Å². The molecule has 2 saturated carbocycles. The molecule has 128 valence electrons. The third-order valence-electron chi connectivity index (χ3n) is 7.83. The average Bonchev–Trinajstić information content (AvgIpc) is 3.03. The zero-order chi connectivity index (χ0) is 15.8. The molecule has 3 heterocycles. The molecule has 6 atom stereocenters. The summed E-state index contributed by atoms with van der Waals surface area (Å²) < 4.78 is 0. The molecule has 0 aromatic carbocycles. The van der Waals surface area contributed by atoms with Gasteiger partial charge in [-0.1, -0.05) is 6.92 Å². The number of piperidine rings is 1. The molecule has 2 bridgehead atoms. The van der Waals surface area contributed by atoms with E-state index in [0.29, 0.717) is 17.9 Å². The van der Waals surface area contributed by atoms with Gasteiger partial charge in [-0.15, -0.1) is 5.06 Å². The van der Waals surface area contributed by atoms with Gasteiger partial charge in [0.25, 0.3) is 0 Å². The summed E-state index contributed by atoms with van der Waals surface area (Å²) in [6.07, 6.45) is 8.50. The van der Waals surface area contributed by atoms with E-state index >= 15 is 0 Å². The molecule has 1 amide bonds. The van der Waals surface area contributed by atoms with Crippen molar-refractivity contribution in [1.82, 2.24) is 15.3 Å². The summed E-state index contributed by atoms with van der Waals surface area (Å²) >= 11 is 0. The first-order chi connectivity index (χ1) is 11.1. The molecule has 5 aliphatic rings. The SMILES string of the molecule is CC1CC2CC3C4CCCN(C)CCCC24C2(C1)NC(=O)ON32. The molecular formula is C18H29N3O2. The summed E-state index contributed by atoms with van der Waals surface area (Å²) in [7, 11) is 2.25. The van der Waals surface area contributed by atoms with Crippen LogP contribution in [0.25, 0.3) is 0 Å². The first kappa shape index (κ1) is 14.5. The summed E-state index contributed by atoms with van der Waals surface area (Å²) in [5, 5.41) is 5.49. The normalized spacial score (nSPS) is 52.9.